The topological polar surface area (TPSA) is 47.4 Å². The summed E-state index contributed by atoms with van der Waals surface area (Å²) in [6, 6.07) is 16.9. The Balaban J connectivity index is 1.38. The van der Waals surface area contributed by atoms with E-state index in [2.05, 4.69) is 5.10 Å². The molecule has 1 amide bonds. The minimum absolute atomic E-state index is 0.0904. The lowest BCUT2D eigenvalue weighted by atomic mass is 9.98. The van der Waals surface area contributed by atoms with Gasteiger partial charge in [0.05, 0.1) is 12.3 Å². The number of carbonyl (C=O) groups excluding carboxylic acids is 1. The molecule has 0 saturated carbocycles. The van der Waals surface area contributed by atoms with Crippen LogP contribution in [-0.4, -0.2) is 40.3 Å². The molecular formula is C23H22F3N3O2. The molecule has 0 bridgehead atoms. The third-order valence-corrected chi connectivity index (χ3v) is 5.29. The van der Waals surface area contributed by atoms with Crippen molar-refractivity contribution in [3.8, 4) is 11.4 Å². The monoisotopic (exact) mass is 429 g/mol. The van der Waals surface area contributed by atoms with E-state index in [0.717, 1.165) is 29.3 Å². The molecule has 1 atom stereocenters. The molecule has 1 aliphatic rings. The fourth-order valence-corrected chi connectivity index (χ4v) is 3.67. The zero-order chi connectivity index (χ0) is 21.8. The van der Waals surface area contributed by atoms with Crippen molar-refractivity contribution in [3.05, 3.63) is 78.1 Å². The minimum atomic E-state index is -4.49. The normalized spacial score (nSPS) is 16.9. The van der Waals surface area contributed by atoms with Gasteiger partial charge in [-0.15, -0.1) is 0 Å². The summed E-state index contributed by atoms with van der Waals surface area (Å²) >= 11 is 0. The van der Waals surface area contributed by atoms with Crippen molar-refractivity contribution in [2.75, 3.05) is 19.7 Å². The fourth-order valence-electron chi connectivity index (χ4n) is 3.67. The smallest absolute Gasteiger partial charge is 0.435 e. The Labute approximate surface area is 178 Å². The molecule has 5 nitrogen and oxygen atoms in total. The number of rotatable bonds is 5. The van der Waals surface area contributed by atoms with E-state index < -0.39 is 11.9 Å². The second kappa shape index (κ2) is 8.83. The first kappa shape index (κ1) is 21.0. The highest BCUT2D eigenvalue weighted by molar-refractivity contribution is 5.94. The van der Waals surface area contributed by atoms with Gasteiger partial charge in [-0.3, -0.25) is 4.79 Å². The van der Waals surface area contributed by atoms with Crippen molar-refractivity contribution in [3.63, 3.8) is 0 Å². The summed E-state index contributed by atoms with van der Waals surface area (Å²) < 4.78 is 45.2. The predicted molar refractivity (Wildman–Crippen MR) is 109 cm³/mol. The van der Waals surface area contributed by atoms with Crippen molar-refractivity contribution in [1.29, 1.82) is 0 Å². The summed E-state index contributed by atoms with van der Waals surface area (Å²) in [5.41, 5.74) is 0.00106. The zero-order valence-corrected chi connectivity index (χ0v) is 16.8. The van der Waals surface area contributed by atoms with Crippen LogP contribution in [0.3, 0.4) is 0 Å². The van der Waals surface area contributed by atoms with Crippen LogP contribution in [0.1, 0.15) is 28.9 Å². The zero-order valence-electron chi connectivity index (χ0n) is 16.8. The van der Waals surface area contributed by atoms with Gasteiger partial charge in [0.25, 0.3) is 5.91 Å². The summed E-state index contributed by atoms with van der Waals surface area (Å²) in [4.78, 5) is 14.7. The van der Waals surface area contributed by atoms with Crippen molar-refractivity contribution in [2.45, 2.75) is 19.0 Å². The molecule has 0 spiro atoms. The second-order valence-electron chi connectivity index (χ2n) is 7.57. The Morgan fingerprint density at radius 1 is 1.06 bits per heavy atom. The fraction of sp³-hybridized carbons (Fsp3) is 0.304. The molecule has 0 radical (unpaired) electrons. The lowest BCUT2D eigenvalue weighted by Crippen LogP contribution is -2.41. The van der Waals surface area contributed by atoms with E-state index in [1.807, 2.05) is 35.2 Å². The van der Waals surface area contributed by atoms with Gasteiger partial charge in [0.15, 0.2) is 5.69 Å². The molecule has 0 aliphatic carbocycles. The average molecular weight is 429 g/mol. The minimum Gasteiger partial charge on any atom is -0.493 e. The van der Waals surface area contributed by atoms with E-state index in [4.69, 9.17) is 4.74 Å². The summed E-state index contributed by atoms with van der Waals surface area (Å²) in [5, 5.41) is 3.55. The quantitative estimate of drug-likeness (QED) is 0.584. The number of hydrogen-bond donors (Lipinski definition) is 0. The van der Waals surface area contributed by atoms with E-state index in [9.17, 15) is 18.0 Å². The van der Waals surface area contributed by atoms with Crippen LogP contribution >= 0.6 is 0 Å². The lowest BCUT2D eigenvalue weighted by Gasteiger charge is -2.32. The first-order valence-electron chi connectivity index (χ1n) is 10.1. The maximum absolute atomic E-state index is 12.9. The van der Waals surface area contributed by atoms with Crippen LogP contribution in [0.4, 0.5) is 13.2 Å². The molecule has 1 aliphatic heterocycles. The molecule has 1 unspecified atom stereocenters. The van der Waals surface area contributed by atoms with Gasteiger partial charge in [0, 0.05) is 30.8 Å². The van der Waals surface area contributed by atoms with Gasteiger partial charge in [0.1, 0.15) is 5.75 Å². The molecule has 162 valence electrons. The van der Waals surface area contributed by atoms with Crippen LogP contribution in [-0.2, 0) is 6.18 Å². The van der Waals surface area contributed by atoms with Gasteiger partial charge in [0.2, 0.25) is 0 Å². The highest BCUT2D eigenvalue weighted by atomic mass is 19.4. The number of carbonyl (C=O) groups is 1. The molecule has 4 rings (SSSR count). The van der Waals surface area contributed by atoms with Gasteiger partial charge < -0.3 is 9.64 Å². The Bertz CT molecular complexity index is 1020. The Hall–Kier alpha value is -3.29. The van der Waals surface area contributed by atoms with Crippen LogP contribution in [0.2, 0.25) is 0 Å². The molecular weight excluding hydrogens is 407 g/mol. The van der Waals surface area contributed by atoms with E-state index >= 15 is 0 Å². The van der Waals surface area contributed by atoms with E-state index in [-0.39, 0.29) is 11.8 Å². The summed E-state index contributed by atoms with van der Waals surface area (Å²) in [6.45, 7) is 1.84. The Kier molecular flexibility index (Phi) is 5.97. The predicted octanol–water partition coefficient (Wildman–Crippen LogP) is 4.82. The van der Waals surface area contributed by atoms with Gasteiger partial charge in [-0.25, -0.2) is 4.68 Å². The highest BCUT2D eigenvalue weighted by Crippen LogP contribution is 2.28. The van der Waals surface area contributed by atoms with Crippen LogP contribution in [0.15, 0.2) is 66.9 Å². The highest BCUT2D eigenvalue weighted by Gasteiger charge is 2.33. The summed E-state index contributed by atoms with van der Waals surface area (Å²) in [7, 11) is 0. The number of amides is 1. The average Bonchev–Trinajstić information content (AvgIpc) is 3.29. The van der Waals surface area contributed by atoms with Crippen molar-refractivity contribution < 1.29 is 22.7 Å². The largest absolute Gasteiger partial charge is 0.493 e. The van der Waals surface area contributed by atoms with Crippen LogP contribution in [0.5, 0.6) is 5.75 Å². The van der Waals surface area contributed by atoms with E-state index in [0.29, 0.717) is 30.9 Å². The van der Waals surface area contributed by atoms with Crippen molar-refractivity contribution in [2.24, 2.45) is 5.92 Å². The molecule has 1 aromatic heterocycles. The number of likely N-dealkylation sites (tertiary alicyclic amines) is 1. The first-order chi connectivity index (χ1) is 14.9. The number of ether oxygens (including phenoxy) is 1. The number of halogens is 3. The number of alkyl halides is 3. The number of para-hydroxylation sites is 1. The maximum atomic E-state index is 12.9. The van der Waals surface area contributed by atoms with Gasteiger partial charge >= 0.3 is 6.18 Å². The number of piperidine rings is 1. The molecule has 3 aromatic rings. The molecule has 1 fully saturated rings. The van der Waals surface area contributed by atoms with Crippen LogP contribution < -0.4 is 4.74 Å². The van der Waals surface area contributed by atoms with Crippen LogP contribution in [0.25, 0.3) is 5.69 Å². The maximum Gasteiger partial charge on any atom is 0.435 e. The van der Waals surface area contributed by atoms with Crippen LogP contribution in [0, 0.1) is 5.92 Å². The summed E-state index contributed by atoms with van der Waals surface area (Å²) in [5.74, 6) is 0.975. The van der Waals surface area contributed by atoms with Gasteiger partial charge in [-0.1, -0.05) is 18.2 Å². The summed E-state index contributed by atoms with van der Waals surface area (Å²) in [6.07, 6.45) is -1.34. The van der Waals surface area contributed by atoms with Gasteiger partial charge in [-0.2, -0.15) is 18.3 Å². The van der Waals surface area contributed by atoms with Gasteiger partial charge in [-0.05, 0) is 55.3 Å². The van der Waals surface area contributed by atoms with Crippen molar-refractivity contribution in [1.82, 2.24) is 14.7 Å². The SMILES string of the molecule is O=C(c1ccc(-n2ccc(C(F)(F)F)n2)cc1)N1CCCC(COc2ccccc2)C1. The van der Waals surface area contributed by atoms with E-state index in [1.165, 1.54) is 6.20 Å². The molecule has 2 aromatic carbocycles. The number of aromatic nitrogens is 2. The Morgan fingerprint density at radius 3 is 2.48 bits per heavy atom. The third kappa shape index (κ3) is 5.07. The standard InChI is InChI=1S/C23H22F3N3O2/c24-23(25,26)21-12-14-29(27-21)19-10-8-18(9-11-19)22(30)28-13-4-5-17(15-28)16-31-20-6-2-1-3-7-20/h1-3,6-12,14,17H,4-5,13,15-16H2. The molecule has 0 N–H and O–H groups in total. The molecule has 8 heteroatoms. The third-order valence-electron chi connectivity index (χ3n) is 5.29. The lowest BCUT2D eigenvalue weighted by molar-refractivity contribution is -0.141. The molecule has 1 saturated heterocycles. The van der Waals surface area contributed by atoms with Crippen molar-refractivity contribution >= 4 is 5.91 Å². The number of benzene rings is 2. The number of nitrogens with zero attached hydrogens (tertiary/aromatic N) is 3. The molecule has 2 heterocycles. The Morgan fingerprint density at radius 2 is 1.81 bits per heavy atom. The second-order valence-corrected chi connectivity index (χ2v) is 7.57. The van der Waals surface area contributed by atoms with E-state index in [1.54, 1.807) is 24.3 Å². The number of hydrogen-bond acceptors (Lipinski definition) is 3. The molecule has 31 heavy (non-hydrogen) atoms. The first-order valence-corrected chi connectivity index (χ1v) is 10.1.